The van der Waals surface area contributed by atoms with Crippen molar-refractivity contribution in [2.75, 3.05) is 24.2 Å². The van der Waals surface area contributed by atoms with Gasteiger partial charge in [0, 0.05) is 19.3 Å². The number of nitrogen functional groups attached to an aromatic ring is 1. The fraction of sp³-hybridized carbons (Fsp3) is 0.364. The number of nitriles is 1. The molecule has 0 aromatic heterocycles. The molecule has 0 fully saturated rings. The Labute approximate surface area is 107 Å². The summed E-state index contributed by atoms with van der Waals surface area (Å²) in [6, 6.07) is 6.64. The quantitative estimate of drug-likeness (QED) is 0.772. The second-order valence-corrected chi connectivity index (χ2v) is 5.71. The van der Waals surface area contributed by atoms with Crippen LogP contribution in [0.3, 0.4) is 0 Å². The summed E-state index contributed by atoms with van der Waals surface area (Å²) < 4.78 is 22.4. The van der Waals surface area contributed by atoms with Crippen molar-refractivity contribution in [3.8, 4) is 6.07 Å². The lowest BCUT2D eigenvalue weighted by atomic mass is 10.2. The van der Waals surface area contributed by atoms with E-state index < -0.39 is 10.0 Å². The predicted molar refractivity (Wildman–Crippen MR) is 70.3 cm³/mol. The Morgan fingerprint density at radius 2 is 2.11 bits per heavy atom. The Hall–Kier alpha value is -1.78. The number of sulfonamides is 1. The maximum Gasteiger partial charge on any atom is 0.240 e. The van der Waals surface area contributed by atoms with E-state index in [2.05, 4.69) is 6.07 Å². The largest absolute Gasteiger partial charge is 0.398 e. The molecule has 18 heavy (non-hydrogen) atoms. The van der Waals surface area contributed by atoms with E-state index in [-0.39, 0.29) is 16.5 Å². The number of primary sulfonamides is 1. The van der Waals surface area contributed by atoms with Gasteiger partial charge in [-0.25, -0.2) is 13.6 Å². The summed E-state index contributed by atoms with van der Waals surface area (Å²) in [4.78, 5) is 1.74. The molecule has 0 amide bonds. The zero-order chi connectivity index (χ0) is 13.9. The van der Waals surface area contributed by atoms with Gasteiger partial charge in [0.2, 0.25) is 10.0 Å². The summed E-state index contributed by atoms with van der Waals surface area (Å²) in [7, 11) is -1.99. The highest BCUT2D eigenvalue weighted by Crippen LogP contribution is 2.23. The summed E-state index contributed by atoms with van der Waals surface area (Å²) in [5.41, 5.74) is 6.50. The molecule has 0 aliphatic rings. The summed E-state index contributed by atoms with van der Waals surface area (Å²) in [5, 5.41) is 13.8. The van der Waals surface area contributed by atoms with E-state index in [1.807, 2.05) is 4.90 Å². The molecule has 0 bridgehead atoms. The minimum atomic E-state index is -3.80. The van der Waals surface area contributed by atoms with E-state index in [0.717, 1.165) is 5.69 Å². The fourth-order valence-electron chi connectivity index (χ4n) is 1.59. The fourth-order valence-corrected chi connectivity index (χ4v) is 2.23. The van der Waals surface area contributed by atoms with Crippen molar-refractivity contribution in [3.63, 3.8) is 0 Å². The number of nitrogens with zero attached hydrogens (tertiary/aromatic N) is 2. The van der Waals surface area contributed by atoms with E-state index in [4.69, 9.17) is 16.1 Å². The first-order chi connectivity index (χ1) is 8.25. The van der Waals surface area contributed by atoms with Crippen LogP contribution < -0.4 is 15.8 Å². The predicted octanol–water partition coefficient (Wildman–Crippen LogP) is 0.512. The number of hydrogen-bond acceptors (Lipinski definition) is 5. The lowest BCUT2D eigenvalue weighted by molar-refractivity contribution is 0.598. The Morgan fingerprint density at radius 1 is 1.50 bits per heavy atom. The summed E-state index contributed by atoms with van der Waals surface area (Å²) >= 11 is 0. The summed E-state index contributed by atoms with van der Waals surface area (Å²) in [6.45, 7) is 2.34. The molecule has 1 aromatic rings. The third kappa shape index (κ3) is 3.35. The molecule has 6 nitrogen and oxygen atoms in total. The van der Waals surface area contributed by atoms with Crippen molar-refractivity contribution < 1.29 is 8.42 Å². The van der Waals surface area contributed by atoms with Crippen LogP contribution in [0.15, 0.2) is 23.1 Å². The molecule has 1 unspecified atom stereocenters. The summed E-state index contributed by atoms with van der Waals surface area (Å²) in [5.74, 6) is -0.130. The smallest absolute Gasteiger partial charge is 0.240 e. The minimum absolute atomic E-state index is 0.0898. The van der Waals surface area contributed by atoms with E-state index in [0.29, 0.717) is 6.54 Å². The average Bonchev–Trinajstić information content (AvgIpc) is 2.26. The van der Waals surface area contributed by atoms with Crippen molar-refractivity contribution in [1.29, 1.82) is 5.26 Å². The number of benzene rings is 1. The van der Waals surface area contributed by atoms with Crippen LogP contribution in [0.2, 0.25) is 0 Å². The first-order valence-electron chi connectivity index (χ1n) is 5.28. The molecule has 1 atom stereocenters. The number of nitrogens with two attached hydrogens (primary N) is 2. The van der Waals surface area contributed by atoms with Gasteiger partial charge in [0.15, 0.2) is 0 Å². The first-order valence-corrected chi connectivity index (χ1v) is 6.83. The van der Waals surface area contributed by atoms with Gasteiger partial charge in [-0.05, 0) is 25.1 Å². The monoisotopic (exact) mass is 268 g/mol. The molecule has 98 valence electrons. The standard InChI is InChI=1S/C11H16N4O2S/c1-8(6-12)7-15(2)9-3-4-11(10(13)5-9)18(14,16)17/h3-5,8H,7,13H2,1-2H3,(H2,14,16,17). The van der Waals surface area contributed by atoms with Gasteiger partial charge >= 0.3 is 0 Å². The molecule has 0 spiro atoms. The highest BCUT2D eigenvalue weighted by molar-refractivity contribution is 7.89. The van der Waals surface area contributed by atoms with E-state index >= 15 is 0 Å². The van der Waals surface area contributed by atoms with Crippen molar-refractivity contribution in [3.05, 3.63) is 18.2 Å². The molecule has 0 aliphatic heterocycles. The van der Waals surface area contributed by atoms with E-state index in [1.165, 1.54) is 12.1 Å². The first kappa shape index (κ1) is 14.3. The molecular weight excluding hydrogens is 252 g/mol. The molecule has 0 saturated heterocycles. The van der Waals surface area contributed by atoms with Crippen LogP contribution in [0.5, 0.6) is 0 Å². The number of anilines is 2. The topological polar surface area (TPSA) is 113 Å². The van der Waals surface area contributed by atoms with Crippen molar-refractivity contribution in [1.82, 2.24) is 0 Å². The Morgan fingerprint density at radius 3 is 2.56 bits per heavy atom. The van der Waals surface area contributed by atoms with Crippen LogP contribution in [0, 0.1) is 17.2 Å². The molecule has 0 saturated carbocycles. The van der Waals surface area contributed by atoms with Gasteiger partial charge in [-0.15, -0.1) is 0 Å². The van der Waals surface area contributed by atoms with Gasteiger partial charge in [-0.1, -0.05) is 0 Å². The van der Waals surface area contributed by atoms with Crippen LogP contribution in [-0.2, 0) is 10.0 Å². The molecule has 1 aromatic carbocycles. The van der Waals surface area contributed by atoms with E-state index in [9.17, 15) is 8.42 Å². The second-order valence-electron chi connectivity index (χ2n) is 4.18. The van der Waals surface area contributed by atoms with Gasteiger partial charge in [-0.3, -0.25) is 0 Å². The third-order valence-corrected chi connectivity index (χ3v) is 3.49. The minimum Gasteiger partial charge on any atom is -0.398 e. The highest BCUT2D eigenvalue weighted by Gasteiger charge is 2.14. The molecule has 0 aliphatic carbocycles. The molecule has 1 rings (SSSR count). The molecule has 4 N–H and O–H groups in total. The van der Waals surface area contributed by atoms with Crippen LogP contribution in [0.25, 0.3) is 0 Å². The van der Waals surface area contributed by atoms with Crippen LogP contribution in [0.4, 0.5) is 11.4 Å². The normalized spacial score (nSPS) is 12.8. The summed E-state index contributed by atoms with van der Waals surface area (Å²) in [6.07, 6.45) is 0. The van der Waals surface area contributed by atoms with Crippen LogP contribution in [0.1, 0.15) is 6.92 Å². The highest BCUT2D eigenvalue weighted by atomic mass is 32.2. The molecular formula is C11H16N4O2S. The Bertz CT molecular complexity index is 577. The molecule has 0 radical (unpaired) electrons. The number of rotatable bonds is 4. The zero-order valence-corrected chi connectivity index (χ0v) is 11.1. The SMILES string of the molecule is CC(C#N)CN(C)c1ccc(S(N)(=O)=O)c(N)c1. The molecule has 7 heteroatoms. The Balaban J connectivity index is 3.02. The second kappa shape index (κ2) is 5.25. The van der Waals surface area contributed by atoms with Gasteiger partial charge < -0.3 is 10.6 Å². The van der Waals surface area contributed by atoms with Gasteiger partial charge in [0.25, 0.3) is 0 Å². The maximum atomic E-state index is 11.2. The van der Waals surface area contributed by atoms with Gasteiger partial charge in [0.1, 0.15) is 4.90 Å². The number of hydrogen-bond donors (Lipinski definition) is 2. The maximum absolute atomic E-state index is 11.2. The third-order valence-electron chi connectivity index (χ3n) is 2.51. The zero-order valence-electron chi connectivity index (χ0n) is 10.3. The van der Waals surface area contributed by atoms with Crippen molar-refractivity contribution in [2.45, 2.75) is 11.8 Å². The van der Waals surface area contributed by atoms with Crippen LogP contribution >= 0.6 is 0 Å². The van der Waals surface area contributed by atoms with E-state index in [1.54, 1.807) is 20.0 Å². The lowest BCUT2D eigenvalue weighted by Gasteiger charge is -2.21. The Kier molecular flexibility index (Phi) is 4.16. The van der Waals surface area contributed by atoms with Gasteiger partial charge in [0.05, 0.1) is 17.7 Å². The average molecular weight is 268 g/mol. The van der Waals surface area contributed by atoms with Crippen molar-refractivity contribution in [2.24, 2.45) is 11.1 Å². The van der Waals surface area contributed by atoms with Crippen molar-refractivity contribution >= 4 is 21.4 Å². The van der Waals surface area contributed by atoms with Gasteiger partial charge in [-0.2, -0.15) is 5.26 Å². The lowest BCUT2D eigenvalue weighted by Crippen LogP contribution is -2.23. The van der Waals surface area contributed by atoms with Crippen LogP contribution in [-0.4, -0.2) is 22.0 Å². The molecule has 0 heterocycles.